The molecule has 0 saturated carbocycles. The molecule has 1 atom stereocenters. The molecule has 1 N–H and O–H groups in total. The number of hydrogen-bond acceptors (Lipinski definition) is 2. The summed E-state index contributed by atoms with van der Waals surface area (Å²) < 4.78 is 0. The molecule has 0 spiro atoms. The monoisotopic (exact) mass is 253 g/mol. The van der Waals surface area contributed by atoms with Crippen molar-refractivity contribution in [2.45, 2.75) is 12.5 Å². The molecule has 0 radical (unpaired) electrons. The van der Waals surface area contributed by atoms with Crippen LogP contribution in [-0.2, 0) is 6.42 Å². The van der Waals surface area contributed by atoms with Gasteiger partial charge in [-0.15, -0.1) is 0 Å². The van der Waals surface area contributed by atoms with Gasteiger partial charge in [0.25, 0.3) is 0 Å². The fraction of sp³-hybridized carbons (Fsp3) is 0.294. The van der Waals surface area contributed by atoms with E-state index < -0.39 is 0 Å². The maximum Gasteiger partial charge on any atom is 0.0605 e. The van der Waals surface area contributed by atoms with Gasteiger partial charge in [-0.3, -0.25) is 4.90 Å². The molecule has 0 amide bonds. The topological polar surface area (TPSA) is 23.5 Å². The zero-order chi connectivity index (χ0) is 13.1. The van der Waals surface area contributed by atoms with Gasteiger partial charge < -0.3 is 5.11 Å². The Morgan fingerprint density at radius 2 is 1.74 bits per heavy atom. The minimum Gasteiger partial charge on any atom is -0.395 e. The number of aliphatic hydroxyl groups is 1. The van der Waals surface area contributed by atoms with Crippen molar-refractivity contribution in [3.05, 3.63) is 71.3 Å². The largest absolute Gasteiger partial charge is 0.395 e. The predicted octanol–water partition coefficient (Wildman–Crippen LogP) is 2.63. The minimum absolute atomic E-state index is 0.214. The molecule has 2 aromatic carbocycles. The number of nitrogens with zero attached hydrogens (tertiary/aromatic N) is 1. The molecular weight excluding hydrogens is 234 g/mol. The first-order valence-corrected chi connectivity index (χ1v) is 6.88. The van der Waals surface area contributed by atoms with Crippen molar-refractivity contribution in [2.24, 2.45) is 0 Å². The van der Waals surface area contributed by atoms with E-state index in [0.717, 1.165) is 19.5 Å². The lowest BCUT2D eigenvalue weighted by Crippen LogP contribution is -2.37. The van der Waals surface area contributed by atoms with Crippen LogP contribution < -0.4 is 0 Å². The maximum atomic E-state index is 9.29. The van der Waals surface area contributed by atoms with Crippen LogP contribution in [0.4, 0.5) is 0 Å². The van der Waals surface area contributed by atoms with Gasteiger partial charge in [0.2, 0.25) is 0 Å². The van der Waals surface area contributed by atoms with E-state index in [2.05, 4.69) is 59.5 Å². The fourth-order valence-electron chi connectivity index (χ4n) is 3.01. The lowest BCUT2D eigenvalue weighted by molar-refractivity contribution is 0.160. The van der Waals surface area contributed by atoms with Crippen LogP contribution in [0.5, 0.6) is 0 Å². The van der Waals surface area contributed by atoms with Crippen molar-refractivity contribution in [1.29, 1.82) is 0 Å². The highest BCUT2D eigenvalue weighted by molar-refractivity contribution is 5.39. The van der Waals surface area contributed by atoms with E-state index in [-0.39, 0.29) is 12.6 Å². The smallest absolute Gasteiger partial charge is 0.0605 e. The summed E-state index contributed by atoms with van der Waals surface area (Å²) >= 11 is 0. The third-order valence-corrected chi connectivity index (χ3v) is 3.89. The van der Waals surface area contributed by atoms with E-state index >= 15 is 0 Å². The van der Waals surface area contributed by atoms with E-state index in [9.17, 15) is 5.11 Å². The second-order valence-corrected chi connectivity index (χ2v) is 5.02. The number of aliphatic hydroxyl groups excluding tert-OH is 1. The Morgan fingerprint density at radius 1 is 1.00 bits per heavy atom. The van der Waals surface area contributed by atoms with Gasteiger partial charge in [-0.05, 0) is 23.1 Å². The second kappa shape index (κ2) is 5.55. The molecule has 1 heterocycles. The summed E-state index contributed by atoms with van der Waals surface area (Å²) in [6.07, 6.45) is 1.07. The van der Waals surface area contributed by atoms with E-state index in [0.29, 0.717) is 0 Å². The highest BCUT2D eigenvalue weighted by Crippen LogP contribution is 2.34. The third kappa shape index (κ3) is 2.42. The van der Waals surface area contributed by atoms with Gasteiger partial charge in [0.15, 0.2) is 0 Å². The van der Waals surface area contributed by atoms with E-state index in [1.807, 2.05) is 0 Å². The molecule has 0 saturated heterocycles. The van der Waals surface area contributed by atoms with Crippen LogP contribution in [0.25, 0.3) is 0 Å². The Labute approximate surface area is 114 Å². The lowest BCUT2D eigenvalue weighted by Gasteiger charge is -2.37. The number of rotatable bonds is 3. The average Bonchev–Trinajstić information content (AvgIpc) is 2.48. The van der Waals surface area contributed by atoms with Crippen molar-refractivity contribution in [3.63, 3.8) is 0 Å². The van der Waals surface area contributed by atoms with Gasteiger partial charge in [-0.1, -0.05) is 54.6 Å². The number of fused-ring (bicyclic) bond motifs is 1. The molecule has 1 unspecified atom stereocenters. The minimum atomic E-state index is 0.214. The Balaban J connectivity index is 2.05. The normalized spacial score (nSPS) is 19.1. The van der Waals surface area contributed by atoms with E-state index in [1.54, 1.807) is 0 Å². The zero-order valence-corrected chi connectivity index (χ0v) is 11.0. The Bertz CT molecular complexity index is 538. The molecule has 0 aliphatic carbocycles. The molecule has 1 aliphatic heterocycles. The summed E-state index contributed by atoms with van der Waals surface area (Å²) in [5, 5.41) is 9.29. The SMILES string of the molecule is OCCN1CCc2ccccc2C1c1ccccc1. The van der Waals surface area contributed by atoms with Crippen molar-refractivity contribution in [2.75, 3.05) is 19.7 Å². The molecule has 2 aromatic rings. The summed E-state index contributed by atoms with van der Waals surface area (Å²) in [5.41, 5.74) is 4.13. The third-order valence-electron chi connectivity index (χ3n) is 3.89. The van der Waals surface area contributed by atoms with E-state index in [1.165, 1.54) is 16.7 Å². The Kier molecular flexibility index (Phi) is 3.62. The van der Waals surface area contributed by atoms with E-state index in [4.69, 9.17) is 0 Å². The maximum absolute atomic E-state index is 9.29. The van der Waals surface area contributed by atoms with Gasteiger partial charge in [-0.25, -0.2) is 0 Å². The highest BCUT2D eigenvalue weighted by atomic mass is 16.3. The Morgan fingerprint density at radius 3 is 2.53 bits per heavy atom. The number of benzene rings is 2. The Hall–Kier alpha value is -1.64. The summed E-state index contributed by atoms with van der Waals surface area (Å²) in [5.74, 6) is 0. The van der Waals surface area contributed by atoms with Crippen molar-refractivity contribution in [1.82, 2.24) is 4.90 Å². The lowest BCUT2D eigenvalue weighted by atomic mass is 9.88. The average molecular weight is 253 g/mol. The van der Waals surface area contributed by atoms with Crippen LogP contribution in [0.2, 0.25) is 0 Å². The molecule has 1 aliphatic rings. The van der Waals surface area contributed by atoms with Gasteiger partial charge in [-0.2, -0.15) is 0 Å². The predicted molar refractivity (Wildman–Crippen MR) is 77.1 cm³/mol. The first-order valence-electron chi connectivity index (χ1n) is 6.88. The van der Waals surface area contributed by atoms with Gasteiger partial charge in [0, 0.05) is 13.1 Å². The van der Waals surface area contributed by atoms with Crippen molar-refractivity contribution in [3.8, 4) is 0 Å². The first-order chi connectivity index (χ1) is 9.40. The standard InChI is InChI=1S/C17H19NO/c19-13-12-18-11-10-14-6-4-5-9-16(14)17(18)15-7-2-1-3-8-15/h1-9,17,19H,10-13H2. The molecular formula is C17H19NO. The number of β-amino-alcohol motifs (C(OH)–C–C–N with tert-alkyl or cyclic N) is 1. The van der Waals surface area contributed by atoms with Crippen LogP contribution in [0.3, 0.4) is 0 Å². The molecule has 2 nitrogen and oxygen atoms in total. The van der Waals surface area contributed by atoms with Crippen LogP contribution in [0.15, 0.2) is 54.6 Å². The summed E-state index contributed by atoms with van der Waals surface area (Å²) in [6.45, 7) is 1.95. The molecule has 2 heteroatoms. The molecule has 0 bridgehead atoms. The van der Waals surface area contributed by atoms with Gasteiger partial charge in [0.1, 0.15) is 0 Å². The molecule has 98 valence electrons. The zero-order valence-electron chi connectivity index (χ0n) is 11.0. The van der Waals surface area contributed by atoms with Gasteiger partial charge in [0.05, 0.1) is 12.6 Å². The summed E-state index contributed by atoms with van der Waals surface area (Å²) in [6, 6.07) is 19.5. The molecule has 3 rings (SSSR count). The molecule has 0 fully saturated rings. The summed E-state index contributed by atoms with van der Waals surface area (Å²) in [7, 11) is 0. The van der Waals surface area contributed by atoms with Gasteiger partial charge >= 0.3 is 0 Å². The molecule has 19 heavy (non-hydrogen) atoms. The van der Waals surface area contributed by atoms with Crippen LogP contribution in [0, 0.1) is 0 Å². The fourth-order valence-corrected chi connectivity index (χ4v) is 3.01. The first kappa shape index (κ1) is 12.4. The number of hydrogen-bond donors (Lipinski definition) is 1. The second-order valence-electron chi connectivity index (χ2n) is 5.02. The van der Waals surface area contributed by atoms with Crippen molar-refractivity contribution >= 4 is 0 Å². The summed E-state index contributed by atoms with van der Waals surface area (Å²) in [4.78, 5) is 2.37. The van der Waals surface area contributed by atoms with Crippen LogP contribution >= 0.6 is 0 Å². The van der Waals surface area contributed by atoms with Crippen LogP contribution in [-0.4, -0.2) is 29.7 Å². The van der Waals surface area contributed by atoms with Crippen molar-refractivity contribution < 1.29 is 5.11 Å². The molecule has 0 aromatic heterocycles. The quantitative estimate of drug-likeness (QED) is 0.909. The highest BCUT2D eigenvalue weighted by Gasteiger charge is 2.27. The van der Waals surface area contributed by atoms with Crippen LogP contribution in [0.1, 0.15) is 22.7 Å².